The number of rotatable bonds is 2. The van der Waals surface area contributed by atoms with Crippen molar-refractivity contribution in [2.75, 3.05) is 0 Å². The van der Waals surface area contributed by atoms with E-state index in [9.17, 15) is 4.39 Å². The van der Waals surface area contributed by atoms with E-state index in [1.807, 2.05) is 0 Å². The Balaban J connectivity index is 2.23. The highest BCUT2D eigenvalue weighted by Gasteiger charge is 2.05. The molecule has 0 atom stereocenters. The Morgan fingerprint density at radius 1 is 1.26 bits per heavy atom. The first-order valence-corrected chi connectivity index (χ1v) is 6.35. The quantitative estimate of drug-likeness (QED) is 0.771. The molecule has 0 aliphatic carbocycles. The van der Waals surface area contributed by atoms with Crippen LogP contribution in [0.1, 0.15) is 25.3 Å². The molecule has 2 rings (SSSR count). The van der Waals surface area contributed by atoms with Crippen LogP contribution in [0.3, 0.4) is 0 Å². The minimum atomic E-state index is -0.477. The molecule has 0 fully saturated rings. The van der Waals surface area contributed by atoms with Gasteiger partial charge in [0.25, 0.3) is 0 Å². The molecule has 96 valence electrons. The second kappa shape index (κ2) is 6.31. The molecule has 1 aromatic heterocycles. The molecule has 2 nitrogen and oxygen atoms in total. The number of benzene rings is 1. The van der Waals surface area contributed by atoms with Crippen LogP contribution in [0.25, 0.3) is 11.4 Å². The molecule has 1 aromatic carbocycles. The largest absolute Gasteiger partial charge is 0.235 e. The van der Waals surface area contributed by atoms with Gasteiger partial charge in [-0.25, -0.2) is 14.4 Å². The van der Waals surface area contributed by atoms with Gasteiger partial charge in [-0.1, -0.05) is 30.4 Å². The van der Waals surface area contributed by atoms with Crippen LogP contribution in [-0.2, 0) is 0 Å². The lowest BCUT2D eigenvalue weighted by Crippen LogP contribution is -1.90. The summed E-state index contributed by atoms with van der Waals surface area (Å²) in [6, 6.07) is 4.49. The van der Waals surface area contributed by atoms with Gasteiger partial charge in [-0.3, -0.25) is 0 Å². The average Bonchev–Trinajstić information content (AvgIpc) is 2.43. The molecule has 0 aliphatic rings. The summed E-state index contributed by atoms with van der Waals surface area (Å²) in [6.07, 6.45) is 5.15. The fourth-order valence-electron chi connectivity index (χ4n) is 1.47. The number of halogens is 2. The van der Waals surface area contributed by atoms with Gasteiger partial charge < -0.3 is 0 Å². The van der Waals surface area contributed by atoms with Crippen LogP contribution >= 0.6 is 11.6 Å². The van der Waals surface area contributed by atoms with E-state index in [1.165, 1.54) is 12.1 Å². The summed E-state index contributed by atoms with van der Waals surface area (Å²) in [5.41, 5.74) is 1.35. The zero-order valence-corrected chi connectivity index (χ0v) is 11.2. The van der Waals surface area contributed by atoms with Gasteiger partial charge in [-0.15, -0.1) is 0 Å². The lowest BCUT2D eigenvalue weighted by atomic mass is 10.2. The second-order valence-electron chi connectivity index (χ2n) is 3.98. The number of aromatic nitrogens is 2. The summed E-state index contributed by atoms with van der Waals surface area (Å²) in [7, 11) is 0. The van der Waals surface area contributed by atoms with Gasteiger partial charge in [0.2, 0.25) is 0 Å². The van der Waals surface area contributed by atoms with Crippen molar-refractivity contribution < 1.29 is 4.39 Å². The topological polar surface area (TPSA) is 25.8 Å². The number of hydrogen-bond donors (Lipinski definition) is 0. The predicted octanol–water partition coefficient (Wildman–Crippen LogP) is 4.09. The summed E-state index contributed by atoms with van der Waals surface area (Å²) < 4.78 is 13.3. The van der Waals surface area contributed by atoms with Gasteiger partial charge in [0, 0.05) is 24.4 Å². The molecule has 19 heavy (non-hydrogen) atoms. The lowest BCUT2D eigenvalue weighted by Gasteiger charge is -2.01. The van der Waals surface area contributed by atoms with Crippen molar-refractivity contribution >= 4 is 11.6 Å². The van der Waals surface area contributed by atoms with E-state index in [1.54, 1.807) is 18.5 Å². The summed E-state index contributed by atoms with van der Waals surface area (Å²) in [4.78, 5) is 8.35. The normalized spacial score (nSPS) is 9.84. The third-order valence-electron chi connectivity index (χ3n) is 2.44. The number of unbranched alkanes of at least 4 members (excludes halogenated alkanes) is 1. The Morgan fingerprint density at radius 2 is 2.00 bits per heavy atom. The highest BCUT2D eigenvalue weighted by atomic mass is 35.5. The SMILES string of the molecule is CCCC#Cc1cnc(-c2ccc(Cl)c(F)c2)nc1. The fraction of sp³-hybridized carbons (Fsp3) is 0.200. The third-order valence-corrected chi connectivity index (χ3v) is 2.74. The molecule has 1 heterocycles. The Bertz CT molecular complexity index is 627. The maximum atomic E-state index is 13.3. The molecule has 0 spiro atoms. The van der Waals surface area contributed by atoms with Crippen LogP contribution in [-0.4, -0.2) is 9.97 Å². The molecule has 0 bridgehead atoms. The number of nitrogens with zero attached hydrogens (tertiary/aromatic N) is 2. The molecule has 0 radical (unpaired) electrons. The first kappa shape index (κ1) is 13.5. The van der Waals surface area contributed by atoms with Crippen molar-refractivity contribution in [2.24, 2.45) is 0 Å². The van der Waals surface area contributed by atoms with Gasteiger partial charge >= 0.3 is 0 Å². The maximum Gasteiger partial charge on any atom is 0.159 e. The Labute approximate surface area is 116 Å². The van der Waals surface area contributed by atoms with Crippen molar-refractivity contribution in [1.82, 2.24) is 9.97 Å². The molecule has 2 aromatic rings. The highest BCUT2D eigenvalue weighted by Crippen LogP contribution is 2.21. The first-order chi connectivity index (χ1) is 9.20. The van der Waals surface area contributed by atoms with Gasteiger partial charge in [0.15, 0.2) is 5.82 Å². The van der Waals surface area contributed by atoms with Crippen molar-refractivity contribution in [3.63, 3.8) is 0 Å². The summed E-state index contributed by atoms with van der Waals surface area (Å²) in [5.74, 6) is 5.97. The molecule has 0 unspecified atom stereocenters. The standard InChI is InChI=1S/C15H12ClFN2/c1-2-3-4-5-11-9-18-15(19-10-11)12-6-7-13(16)14(17)8-12/h6-10H,2-3H2,1H3. The summed E-state index contributed by atoms with van der Waals surface area (Å²) >= 11 is 5.63. The predicted molar refractivity (Wildman–Crippen MR) is 74.2 cm³/mol. The van der Waals surface area contributed by atoms with Crippen molar-refractivity contribution in [3.8, 4) is 23.2 Å². The smallest absolute Gasteiger partial charge is 0.159 e. The zero-order chi connectivity index (χ0) is 13.7. The van der Waals surface area contributed by atoms with E-state index in [4.69, 9.17) is 11.6 Å². The van der Waals surface area contributed by atoms with Crippen LogP contribution in [0.5, 0.6) is 0 Å². The minimum absolute atomic E-state index is 0.0887. The monoisotopic (exact) mass is 274 g/mol. The van der Waals surface area contributed by atoms with Crippen LogP contribution in [0, 0.1) is 17.7 Å². The van der Waals surface area contributed by atoms with E-state index in [0.29, 0.717) is 11.4 Å². The van der Waals surface area contributed by atoms with Crippen molar-refractivity contribution in [3.05, 3.63) is 47.0 Å². The van der Waals surface area contributed by atoms with Crippen molar-refractivity contribution in [2.45, 2.75) is 19.8 Å². The molecule has 0 N–H and O–H groups in total. The second-order valence-corrected chi connectivity index (χ2v) is 4.38. The zero-order valence-electron chi connectivity index (χ0n) is 10.5. The Morgan fingerprint density at radius 3 is 2.63 bits per heavy atom. The molecule has 4 heteroatoms. The van der Waals surface area contributed by atoms with E-state index < -0.39 is 5.82 Å². The molecule has 0 saturated heterocycles. The molecule has 0 aliphatic heterocycles. The van der Waals surface area contributed by atoms with Crippen LogP contribution in [0.2, 0.25) is 5.02 Å². The van der Waals surface area contributed by atoms with Gasteiger partial charge in [-0.05, 0) is 24.6 Å². The van der Waals surface area contributed by atoms with Gasteiger partial charge in [0.1, 0.15) is 5.82 Å². The van der Waals surface area contributed by atoms with E-state index in [0.717, 1.165) is 18.4 Å². The van der Waals surface area contributed by atoms with Crippen LogP contribution in [0.15, 0.2) is 30.6 Å². The molecular formula is C15H12ClFN2. The van der Waals surface area contributed by atoms with E-state index >= 15 is 0 Å². The minimum Gasteiger partial charge on any atom is -0.235 e. The van der Waals surface area contributed by atoms with Gasteiger partial charge in [0.05, 0.1) is 10.6 Å². The van der Waals surface area contributed by atoms with Crippen molar-refractivity contribution in [1.29, 1.82) is 0 Å². The third kappa shape index (κ3) is 3.52. The average molecular weight is 275 g/mol. The molecular weight excluding hydrogens is 263 g/mol. The van der Waals surface area contributed by atoms with Gasteiger partial charge in [-0.2, -0.15) is 0 Å². The Kier molecular flexibility index (Phi) is 4.48. The Hall–Kier alpha value is -1.92. The fourth-order valence-corrected chi connectivity index (χ4v) is 1.58. The van der Waals surface area contributed by atoms with E-state index in [2.05, 4.69) is 28.7 Å². The highest BCUT2D eigenvalue weighted by molar-refractivity contribution is 6.30. The maximum absolute atomic E-state index is 13.3. The summed E-state index contributed by atoms with van der Waals surface area (Å²) in [5, 5.41) is 0.0887. The van der Waals surface area contributed by atoms with Crippen LogP contribution < -0.4 is 0 Å². The number of hydrogen-bond acceptors (Lipinski definition) is 2. The lowest BCUT2D eigenvalue weighted by molar-refractivity contribution is 0.628. The molecule has 0 saturated carbocycles. The first-order valence-electron chi connectivity index (χ1n) is 5.97. The molecule has 0 amide bonds. The van der Waals surface area contributed by atoms with Crippen LogP contribution in [0.4, 0.5) is 4.39 Å². The van der Waals surface area contributed by atoms with E-state index in [-0.39, 0.29) is 5.02 Å². The summed E-state index contributed by atoms with van der Waals surface area (Å²) in [6.45, 7) is 2.07.